The maximum Gasteiger partial charge on any atom is 0.255 e. The lowest BCUT2D eigenvalue weighted by Crippen LogP contribution is -2.14. The fourth-order valence-corrected chi connectivity index (χ4v) is 2.41. The van der Waals surface area contributed by atoms with Gasteiger partial charge in [0.15, 0.2) is 0 Å². The van der Waals surface area contributed by atoms with Gasteiger partial charge in [-0.25, -0.2) is 0 Å². The summed E-state index contributed by atoms with van der Waals surface area (Å²) in [6.45, 7) is 1.38. The number of nitrogens with one attached hydrogen (secondary N) is 2. The fraction of sp³-hybridized carbons (Fsp3) is 0.176. The SMILES string of the molecule is COc1cc(NC(=O)c2ccc(Cl)c(Cl)c2)c(OC)cc1NC(C)=O. The average molecular weight is 383 g/mol. The third-order valence-corrected chi connectivity index (χ3v) is 4.00. The molecule has 0 atom stereocenters. The molecule has 0 saturated carbocycles. The zero-order chi connectivity index (χ0) is 18.6. The van der Waals surface area contributed by atoms with Gasteiger partial charge in [-0.3, -0.25) is 9.59 Å². The molecule has 0 bridgehead atoms. The number of methoxy groups -OCH3 is 2. The van der Waals surface area contributed by atoms with Gasteiger partial charge in [0, 0.05) is 24.6 Å². The maximum absolute atomic E-state index is 12.4. The minimum absolute atomic E-state index is 0.257. The van der Waals surface area contributed by atoms with Gasteiger partial charge in [-0.1, -0.05) is 23.2 Å². The Labute approximate surface area is 155 Å². The molecule has 0 heterocycles. The van der Waals surface area contributed by atoms with Crippen LogP contribution in [0.15, 0.2) is 30.3 Å². The Bertz CT molecular complexity index is 825. The second-order valence-electron chi connectivity index (χ2n) is 5.02. The van der Waals surface area contributed by atoms with E-state index in [2.05, 4.69) is 10.6 Å². The quantitative estimate of drug-likeness (QED) is 0.811. The number of hydrogen-bond acceptors (Lipinski definition) is 4. The van der Waals surface area contributed by atoms with Crippen molar-refractivity contribution in [3.8, 4) is 11.5 Å². The van der Waals surface area contributed by atoms with Crippen LogP contribution in [-0.2, 0) is 4.79 Å². The summed E-state index contributed by atoms with van der Waals surface area (Å²) in [6.07, 6.45) is 0. The molecule has 0 aliphatic carbocycles. The van der Waals surface area contributed by atoms with Crippen molar-refractivity contribution in [3.63, 3.8) is 0 Å². The highest BCUT2D eigenvalue weighted by molar-refractivity contribution is 6.42. The number of hydrogen-bond donors (Lipinski definition) is 2. The largest absolute Gasteiger partial charge is 0.494 e. The topological polar surface area (TPSA) is 76.7 Å². The number of ether oxygens (including phenoxy) is 2. The summed E-state index contributed by atoms with van der Waals surface area (Å²) in [5, 5.41) is 5.99. The molecule has 0 aliphatic rings. The Kier molecular flexibility index (Phi) is 6.12. The van der Waals surface area contributed by atoms with Crippen LogP contribution in [0.3, 0.4) is 0 Å². The van der Waals surface area contributed by atoms with Crippen LogP contribution in [-0.4, -0.2) is 26.0 Å². The molecule has 2 aromatic carbocycles. The van der Waals surface area contributed by atoms with E-state index in [9.17, 15) is 9.59 Å². The van der Waals surface area contributed by atoms with Gasteiger partial charge in [-0.15, -0.1) is 0 Å². The first-order valence-electron chi connectivity index (χ1n) is 7.15. The predicted molar refractivity (Wildman–Crippen MR) is 98.3 cm³/mol. The molecular formula is C17H16Cl2N2O4. The highest BCUT2D eigenvalue weighted by Crippen LogP contribution is 2.36. The Hall–Kier alpha value is -2.44. The lowest BCUT2D eigenvalue weighted by molar-refractivity contribution is -0.114. The van der Waals surface area contributed by atoms with Gasteiger partial charge >= 0.3 is 0 Å². The maximum atomic E-state index is 12.4. The van der Waals surface area contributed by atoms with E-state index in [1.807, 2.05) is 0 Å². The lowest BCUT2D eigenvalue weighted by Gasteiger charge is -2.16. The Morgan fingerprint density at radius 3 is 1.92 bits per heavy atom. The van der Waals surface area contributed by atoms with E-state index in [0.717, 1.165) is 0 Å². The number of rotatable bonds is 5. The summed E-state index contributed by atoms with van der Waals surface area (Å²) < 4.78 is 10.5. The zero-order valence-corrected chi connectivity index (χ0v) is 15.3. The van der Waals surface area contributed by atoms with Gasteiger partial charge in [-0.2, -0.15) is 0 Å². The lowest BCUT2D eigenvalue weighted by atomic mass is 10.2. The number of anilines is 2. The summed E-state index contributed by atoms with van der Waals surface area (Å²) in [4.78, 5) is 23.7. The molecule has 132 valence electrons. The van der Waals surface area contributed by atoms with Gasteiger partial charge in [-0.05, 0) is 18.2 Å². The van der Waals surface area contributed by atoms with Gasteiger partial charge in [0.1, 0.15) is 11.5 Å². The normalized spacial score (nSPS) is 10.1. The second kappa shape index (κ2) is 8.09. The summed E-state index contributed by atoms with van der Waals surface area (Å²) >= 11 is 11.8. The van der Waals surface area contributed by atoms with Crippen LogP contribution >= 0.6 is 23.2 Å². The van der Waals surface area contributed by atoms with E-state index in [-0.39, 0.29) is 10.9 Å². The van der Waals surface area contributed by atoms with Gasteiger partial charge in [0.2, 0.25) is 5.91 Å². The molecule has 0 aliphatic heterocycles. The van der Waals surface area contributed by atoms with E-state index in [1.165, 1.54) is 33.3 Å². The van der Waals surface area contributed by atoms with E-state index < -0.39 is 5.91 Å². The molecule has 8 heteroatoms. The van der Waals surface area contributed by atoms with Crippen molar-refractivity contribution in [1.29, 1.82) is 0 Å². The molecule has 25 heavy (non-hydrogen) atoms. The molecule has 2 aromatic rings. The molecule has 2 amide bonds. The second-order valence-corrected chi connectivity index (χ2v) is 5.83. The highest BCUT2D eigenvalue weighted by atomic mass is 35.5. The standard InChI is InChI=1S/C17H16Cl2N2O4/c1-9(22)20-13-7-16(25-3)14(8-15(13)24-2)21-17(23)10-4-5-11(18)12(19)6-10/h4-8H,1-3H3,(H,20,22)(H,21,23). The van der Waals surface area contributed by atoms with Crippen LogP contribution in [0.25, 0.3) is 0 Å². The van der Waals surface area contributed by atoms with Crippen molar-refractivity contribution >= 4 is 46.4 Å². The van der Waals surface area contributed by atoms with Crippen molar-refractivity contribution in [3.05, 3.63) is 45.9 Å². The first-order chi connectivity index (χ1) is 11.8. The van der Waals surface area contributed by atoms with Gasteiger partial charge in [0.25, 0.3) is 5.91 Å². The van der Waals surface area contributed by atoms with Crippen molar-refractivity contribution in [1.82, 2.24) is 0 Å². The number of amides is 2. The highest BCUT2D eigenvalue weighted by Gasteiger charge is 2.16. The molecule has 6 nitrogen and oxygen atoms in total. The summed E-state index contributed by atoms with van der Waals surface area (Å²) in [5.41, 5.74) is 1.14. The Morgan fingerprint density at radius 2 is 1.44 bits per heavy atom. The van der Waals surface area contributed by atoms with Crippen molar-refractivity contribution in [2.24, 2.45) is 0 Å². The first kappa shape index (κ1) is 18.9. The molecule has 0 unspecified atom stereocenters. The molecule has 0 spiro atoms. The van der Waals surface area contributed by atoms with Crippen molar-refractivity contribution in [2.75, 3.05) is 24.9 Å². The first-order valence-corrected chi connectivity index (χ1v) is 7.91. The number of benzene rings is 2. The van der Waals surface area contributed by atoms with E-state index >= 15 is 0 Å². The monoisotopic (exact) mass is 382 g/mol. The third kappa shape index (κ3) is 4.55. The number of halogens is 2. The zero-order valence-electron chi connectivity index (χ0n) is 13.8. The van der Waals surface area contributed by atoms with Crippen LogP contribution in [0.4, 0.5) is 11.4 Å². The number of carbonyl (C=O) groups excluding carboxylic acids is 2. The van der Waals surface area contributed by atoms with Crippen molar-refractivity contribution in [2.45, 2.75) is 6.92 Å². The predicted octanol–water partition coefficient (Wildman–Crippen LogP) is 4.22. The summed E-state index contributed by atoms with van der Waals surface area (Å²) in [5.74, 6) is 0.0811. The summed E-state index contributed by atoms with van der Waals surface area (Å²) in [6, 6.07) is 7.67. The third-order valence-electron chi connectivity index (χ3n) is 3.26. The van der Waals surface area contributed by atoms with Crippen LogP contribution in [0.2, 0.25) is 10.0 Å². The van der Waals surface area contributed by atoms with E-state index in [4.69, 9.17) is 32.7 Å². The Morgan fingerprint density at radius 1 is 0.880 bits per heavy atom. The molecule has 2 N–H and O–H groups in total. The molecule has 0 fully saturated rings. The van der Waals surface area contributed by atoms with E-state index in [1.54, 1.807) is 18.2 Å². The summed E-state index contributed by atoms with van der Waals surface area (Å²) in [7, 11) is 2.91. The number of carbonyl (C=O) groups is 2. The minimum atomic E-state index is -0.397. The van der Waals surface area contributed by atoms with Crippen LogP contribution in [0, 0.1) is 0 Å². The molecule has 0 saturated heterocycles. The minimum Gasteiger partial charge on any atom is -0.494 e. The molecular weight excluding hydrogens is 367 g/mol. The van der Waals surface area contributed by atoms with Crippen LogP contribution < -0.4 is 20.1 Å². The molecule has 0 aromatic heterocycles. The van der Waals surface area contributed by atoms with E-state index in [0.29, 0.717) is 33.5 Å². The average Bonchev–Trinajstić information content (AvgIpc) is 2.57. The van der Waals surface area contributed by atoms with Gasteiger partial charge < -0.3 is 20.1 Å². The molecule has 2 rings (SSSR count). The molecule has 0 radical (unpaired) electrons. The van der Waals surface area contributed by atoms with Crippen LogP contribution in [0.5, 0.6) is 11.5 Å². The van der Waals surface area contributed by atoms with Crippen molar-refractivity contribution < 1.29 is 19.1 Å². The smallest absolute Gasteiger partial charge is 0.255 e. The van der Waals surface area contributed by atoms with Crippen LogP contribution in [0.1, 0.15) is 17.3 Å². The Balaban J connectivity index is 2.35. The fourth-order valence-electron chi connectivity index (χ4n) is 2.11. The van der Waals surface area contributed by atoms with Gasteiger partial charge in [0.05, 0.1) is 35.6 Å².